The summed E-state index contributed by atoms with van der Waals surface area (Å²) in [6.07, 6.45) is 5.46. The normalized spacial score (nSPS) is 10.6. The van der Waals surface area contributed by atoms with Gasteiger partial charge in [-0.05, 0) is 35.9 Å². The van der Waals surface area contributed by atoms with Crippen LogP contribution in [0.15, 0.2) is 61.2 Å². The molecule has 0 unspecified atom stereocenters. The van der Waals surface area contributed by atoms with E-state index in [0.717, 1.165) is 17.9 Å². The van der Waals surface area contributed by atoms with E-state index in [2.05, 4.69) is 34.6 Å². The van der Waals surface area contributed by atoms with E-state index in [0.29, 0.717) is 10.0 Å². The van der Waals surface area contributed by atoms with Crippen molar-refractivity contribution in [3.8, 4) is 5.69 Å². The van der Waals surface area contributed by atoms with Gasteiger partial charge in [0.2, 0.25) is 0 Å². The van der Waals surface area contributed by atoms with Gasteiger partial charge in [-0.3, -0.25) is 0 Å². The van der Waals surface area contributed by atoms with Gasteiger partial charge in [0.05, 0.1) is 16.4 Å². The first-order valence-corrected chi connectivity index (χ1v) is 7.24. The van der Waals surface area contributed by atoms with Crippen molar-refractivity contribution in [3.63, 3.8) is 0 Å². The third-order valence-corrected chi connectivity index (χ3v) is 3.89. The molecule has 0 saturated heterocycles. The molecule has 0 aliphatic heterocycles. The van der Waals surface area contributed by atoms with Gasteiger partial charge in [-0.2, -0.15) is 0 Å². The SMILES string of the molecule is Clc1ccc(NCc2ccc(-n3ccnc3)cc2)cc1Cl. The predicted molar refractivity (Wildman–Crippen MR) is 87.4 cm³/mol. The summed E-state index contributed by atoms with van der Waals surface area (Å²) >= 11 is 11.9. The molecule has 2 aromatic carbocycles. The molecule has 1 aromatic heterocycles. The Bertz CT molecular complexity index is 722. The van der Waals surface area contributed by atoms with Crippen LogP contribution in [0.2, 0.25) is 10.0 Å². The summed E-state index contributed by atoms with van der Waals surface area (Å²) in [5.74, 6) is 0. The Balaban J connectivity index is 1.66. The number of nitrogens with one attached hydrogen (secondary N) is 1. The van der Waals surface area contributed by atoms with Gasteiger partial charge in [0.25, 0.3) is 0 Å². The Hall–Kier alpha value is -1.97. The highest BCUT2D eigenvalue weighted by Gasteiger charge is 2.00. The van der Waals surface area contributed by atoms with E-state index in [-0.39, 0.29) is 0 Å². The van der Waals surface area contributed by atoms with Crippen molar-refractivity contribution >= 4 is 28.9 Å². The summed E-state index contributed by atoms with van der Waals surface area (Å²) in [4.78, 5) is 4.04. The van der Waals surface area contributed by atoms with Gasteiger partial charge >= 0.3 is 0 Å². The van der Waals surface area contributed by atoms with E-state index < -0.39 is 0 Å². The molecule has 5 heteroatoms. The standard InChI is InChI=1S/C16H13Cl2N3/c17-15-6-3-13(9-16(15)18)20-10-12-1-4-14(5-2-12)21-8-7-19-11-21/h1-9,11,20H,10H2. The lowest BCUT2D eigenvalue weighted by Crippen LogP contribution is -1.99. The predicted octanol–water partition coefficient (Wildman–Crippen LogP) is 4.79. The second-order valence-corrected chi connectivity index (χ2v) is 5.43. The molecule has 0 amide bonds. The topological polar surface area (TPSA) is 29.9 Å². The average Bonchev–Trinajstić information content (AvgIpc) is 3.03. The third-order valence-electron chi connectivity index (χ3n) is 3.16. The molecule has 0 spiro atoms. The maximum absolute atomic E-state index is 5.99. The Morgan fingerprint density at radius 1 is 1.00 bits per heavy atom. The number of hydrogen-bond donors (Lipinski definition) is 1. The van der Waals surface area contributed by atoms with E-state index in [1.54, 1.807) is 18.6 Å². The monoisotopic (exact) mass is 317 g/mol. The fourth-order valence-electron chi connectivity index (χ4n) is 2.01. The molecule has 3 rings (SSSR count). The second kappa shape index (κ2) is 6.20. The summed E-state index contributed by atoms with van der Waals surface area (Å²) < 4.78 is 1.97. The number of benzene rings is 2. The summed E-state index contributed by atoms with van der Waals surface area (Å²) in [7, 11) is 0. The van der Waals surface area contributed by atoms with Gasteiger partial charge in [0.1, 0.15) is 0 Å². The van der Waals surface area contributed by atoms with Crippen LogP contribution in [0.3, 0.4) is 0 Å². The molecule has 1 N–H and O–H groups in total. The van der Waals surface area contributed by atoms with E-state index >= 15 is 0 Å². The van der Waals surface area contributed by atoms with Crippen LogP contribution >= 0.6 is 23.2 Å². The number of anilines is 1. The van der Waals surface area contributed by atoms with Crippen molar-refractivity contribution in [1.82, 2.24) is 9.55 Å². The lowest BCUT2D eigenvalue weighted by atomic mass is 10.2. The van der Waals surface area contributed by atoms with Crippen molar-refractivity contribution in [2.75, 3.05) is 5.32 Å². The minimum Gasteiger partial charge on any atom is -0.381 e. The van der Waals surface area contributed by atoms with E-state index in [1.807, 2.05) is 22.9 Å². The van der Waals surface area contributed by atoms with Crippen LogP contribution in [-0.4, -0.2) is 9.55 Å². The Kier molecular flexibility index (Phi) is 4.13. The first-order valence-electron chi connectivity index (χ1n) is 6.48. The Morgan fingerprint density at radius 2 is 1.81 bits per heavy atom. The molecule has 0 saturated carbocycles. The van der Waals surface area contributed by atoms with Crippen LogP contribution in [-0.2, 0) is 6.54 Å². The van der Waals surface area contributed by atoms with Crippen LogP contribution in [0.1, 0.15) is 5.56 Å². The summed E-state index contributed by atoms with van der Waals surface area (Å²) in [5, 5.41) is 4.44. The van der Waals surface area contributed by atoms with Crippen molar-refractivity contribution in [3.05, 3.63) is 76.8 Å². The van der Waals surface area contributed by atoms with Gasteiger partial charge < -0.3 is 9.88 Å². The number of rotatable bonds is 4. The highest BCUT2D eigenvalue weighted by molar-refractivity contribution is 6.42. The third kappa shape index (κ3) is 3.38. The Labute approximate surface area is 133 Å². The largest absolute Gasteiger partial charge is 0.381 e. The summed E-state index contributed by atoms with van der Waals surface area (Å²) in [6, 6.07) is 13.8. The first kappa shape index (κ1) is 14.0. The molecule has 0 bridgehead atoms. The van der Waals surface area contributed by atoms with Gasteiger partial charge in [0.15, 0.2) is 0 Å². The molecule has 1 heterocycles. The molecule has 0 aliphatic rings. The van der Waals surface area contributed by atoms with Crippen molar-refractivity contribution in [1.29, 1.82) is 0 Å². The molecule has 3 aromatic rings. The van der Waals surface area contributed by atoms with Gasteiger partial charge in [-0.15, -0.1) is 0 Å². The highest BCUT2D eigenvalue weighted by atomic mass is 35.5. The van der Waals surface area contributed by atoms with E-state index in [9.17, 15) is 0 Å². The number of hydrogen-bond acceptors (Lipinski definition) is 2. The summed E-state index contributed by atoms with van der Waals surface area (Å²) in [5.41, 5.74) is 3.22. The molecular weight excluding hydrogens is 305 g/mol. The number of imidazole rings is 1. The quantitative estimate of drug-likeness (QED) is 0.749. The lowest BCUT2D eigenvalue weighted by Gasteiger charge is -2.09. The molecule has 0 fully saturated rings. The van der Waals surface area contributed by atoms with Crippen LogP contribution in [0.5, 0.6) is 0 Å². The fourth-order valence-corrected chi connectivity index (χ4v) is 2.31. The fraction of sp³-hybridized carbons (Fsp3) is 0.0625. The zero-order chi connectivity index (χ0) is 14.7. The van der Waals surface area contributed by atoms with Crippen LogP contribution in [0, 0.1) is 0 Å². The smallest absolute Gasteiger partial charge is 0.0991 e. The molecule has 0 aliphatic carbocycles. The molecular formula is C16H13Cl2N3. The van der Waals surface area contributed by atoms with Crippen molar-refractivity contribution < 1.29 is 0 Å². The first-order chi connectivity index (χ1) is 10.2. The molecule has 106 valence electrons. The molecule has 21 heavy (non-hydrogen) atoms. The zero-order valence-electron chi connectivity index (χ0n) is 11.1. The van der Waals surface area contributed by atoms with Crippen molar-refractivity contribution in [2.45, 2.75) is 6.54 Å². The summed E-state index contributed by atoms with van der Waals surface area (Å²) in [6.45, 7) is 0.724. The Morgan fingerprint density at radius 3 is 2.48 bits per heavy atom. The zero-order valence-corrected chi connectivity index (χ0v) is 12.6. The van der Waals surface area contributed by atoms with Crippen LogP contribution in [0.25, 0.3) is 5.69 Å². The van der Waals surface area contributed by atoms with Crippen molar-refractivity contribution in [2.24, 2.45) is 0 Å². The minimum atomic E-state index is 0.553. The number of aromatic nitrogens is 2. The molecule has 0 atom stereocenters. The highest BCUT2D eigenvalue weighted by Crippen LogP contribution is 2.25. The number of nitrogens with zero attached hydrogens (tertiary/aromatic N) is 2. The molecule has 3 nitrogen and oxygen atoms in total. The van der Waals surface area contributed by atoms with E-state index in [4.69, 9.17) is 23.2 Å². The van der Waals surface area contributed by atoms with Gasteiger partial charge in [0, 0.05) is 30.3 Å². The maximum Gasteiger partial charge on any atom is 0.0991 e. The van der Waals surface area contributed by atoms with Crippen LogP contribution < -0.4 is 5.32 Å². The van der Waals surface area contributed by atoms with Gasteiger partial charge in [-0.25, -0.2) is 4.98 Å². The second-order valence-electron chi connectivity index (χ2n) is 4.62. The average molecular weight is 318 g/mol. The number of halogens is 2. The van der Waals surface area contributed by atoms with E-state index in [1.165, 1.54) is 5.56 Å². The maximum atomic E-state index is 5.99. The lowest BCUT2D eigenvalue weighted by molar-refractivity contribution is 1.05. The molecule has 0 radical (unpaired) electrons. The van der Waals surface area contributed by atoms with Crippen LogP contribution in [0.4, 0.5) is 5.69 Å². The minimum absolute atomic E-state index is 0.553. The van der Waals surface area contributed by atoms with Gasteiger partial charge in [-0.1, -0.05) is 35.3 Å².